The first kappa shape index (κ1) is 27.9. The summed E-state index contributed by atoms with van der Waals surface area (Å²) in [4.78, 5) is 24.1. The molecule has 2 rings (SSSR count). The van der Waals surface area contributed by atoms with E-state index < -0.39 is 32.6 Å². The molecule has 0 saturated carbocycles. The van der Waals surface area contributed by atoms with Gasteiger partial charge in [-0.25, -0.2) is 4.79 Å². The molecule has 5 atom stereocenters. The number of carbonyl (C=O) groups is 2. The van der Waals surface area contributed by atoms with Crippen molar-refractivity contribution < 1.29 is 33.0 Å². The monoisotopic (exact) mass is 492 g/mol. The van der Waals surface area contributed by atoms with E-state index in [-0.39, 0.29) is 23.0 Å². The van der Waals surface area contributed by atoms with E-state index in [0.717, 1.165) is 5.56 Å². The molecule has 0 bridgehead atoms. The van der Waals surface area contributed by atoms with Crippen LogP contribution in [-0.4, -0.2) is 45.9 Å². The minimum atomic E-state index is -2.03. The fraction of sp³-hybridized carbons (Fsp3) is 0.615. The average Bonchev–Trinajstić information content (AvgIpc) is 2.73. The summed E-state index contributed by atoms with van der Waals surface area (Å²) in [5, 5.41) is 0.0539. The van der Waals surface area contributed by atoms with Crippen molar-refractivity contribution in [3.63, 3.8) is 0 Å². The van der Waals surface area contributed by atoms with Gasteiger partial charge in [0.25, 0.3) is 8.32 Å². The summed E-state index contributed by atoms with van der Waals surface area (Å²) in [7, 11) is -0.437. The number of rotatable bonds is 7. The largest absolute Gasteiger partial charge is 0.541 e. The van der Waals surface area contributed by atoms with Crippen LogP contribution in [0.2, 0.25) is 18.1 Å². The minimum absolute atomic E-state index is 0.0212. The Morgan fingerprint density at radius 2 is 1.68 bits per heavy atom. The maximum absolute atomic E-state index is 12.6. The molecule has 0 radical (unpaired) electrons. The Kier molecular flexibility index (Phi) is 8.99. The van der Waals surface area contributed by atoms with Gasteiger partial charge in [-0.15, -0.1) is 0 Å². The summed E-state index contributed by atoms with van der Waals surface area (Å²) < 4.78 is 28.7. The lowest BCUT2D eigenvalue weighted by Gasteiger charge is -2.42. The van der Waals surface area contributed by atoms with Crippen LogP contribution in [-0.2, 0) is 23.8 Å². The molecule has 0 spiro atoms. The second-order valence-corrected chi connectivity index (χ2v) is 15.3. The van der Waals surface area contributed by atoms with Crippen molar-refractivity contribution in [1.82, 2.24) is 0 Å². The van der Waals surface area contributed by atoms with Gasteiger partial charge < -0.3 is 23.4 Å². The lowest BCUT2D eigenvalue weighted by Crippen LogP contribution is -2.51. The van der Waals surface area contributed by atoms with Gasteiger partial charge in [-0.05, 0) is 54.7 Å². The molecule has 1 aromatic carbocycles. The number of hydrogen-bond acceptors (Lipinski definition) is 7. The molecule has 34 heavy (non-hydrogen) atoms. The first-order chi connectivity index (χ1) is 15.7. The standard InChI is InChI=1S/C26H40O7Si/c1-16-17(2)24(31-19(4)27)25(30-18(16)3)32-23(28)14-12-20-11-13-21(22(15-20)29-8)33-34(9,10)26(5,6)7/h11-18,24-25H,1-10H3/b14-12+/t16-,17+,18?,24?,25+/m1/s1. The van der Waals surface area contributed by atoms with Crippen molar-refractivity contribution in [3.8, 4) is 11.5 Å². The molecule has 0 N–H and O–H groups in total. The third-order valence-corrected chi connectivity index (χ3v) is 11.4. The zero-order valence-electron chi connectivity index (χ0n) is 22.1. The van der Waals surface area contributed by atoms with Gasteiger partial charge in [0.05, 0.1) is 13.2 Å². The Labute approximate surface area is 204 Å². The summed E-state index contributed by atoms with van der Waals surface area (Å²) in [6.07, 6.45) is 1.21. The first-order valence-electron chi connectivity index (χ1n) is 11.7. The van der Waals surface area contributed by atoms with E-state index in [9.17, 15) is 9.59 Å². The van der Waals surface area contributed by atoms with Crippen LogP contribution in [0, 0.1) is 11.8 Å². The zero-order valence-corrected chi connectivity index (χ0v) is 23.1. The molecule has 0 aliphatic carbocycles. The summed E-state index contributed by atoms with van der Waals surface area (Å²) in [6.45, 7) is 18.1. The average molecular weight is 493 g/mol. The van der Waals surface area contributed by atoms with E-state index in [4.69, 9.17) is 23.4 Å². The molecule has 0 amide bonds. The second-order valence-electron chi connectivity index (χ2n) is 10.5. The van der Waals surface area contributed by atoms with Crippen molar-refractivity contribution in [3.05, 3.63) is 29.8 Å². The molecule has 0 aromatic heterocycles. The maximum Gasteiger partial charge on any atom is 0.333 e. The third kappa shape index (κ3) is 6.85. The normalized spacial score (nSPS) is 25.6. The molecule has 190 valence electrons. The van der Waals surface area contributed by atoms with Gasteiger partial charge in [0.2, 0.25) is 6.29 Å². The Bertz CT molecular complexity index is 903. The predicted octanol–water partition coefficient (Wildman–Crippen LogP) is 5.58. The topological polar surface area (TPSA) is 80.3 Å². The van der Waals surface area contributed by atoms with Gasteiger partial charge in [0.1, 0.15) is 5.75 Å². The van der Waals surface area contributed by atoms with Crippen molar-refractivity contribution in [2.45, 2.75) is 85.1 Å². The number of benzene rings is 1. The Morgan fingerprint density at radius 1 is 1.03 bits per heavy atom. The molecule has 1 heterocycles. The van der Waals surface area contributed by atoms with Gasteiger partial charge in [0.15, 0.2) is 11.9 Å². The lowest BCUT2D eigenvalue weighted by molar-refractivity contribution is -0.261. The van der Waals surface area contributed by atoms with Gasteiger partial charge >= 0.3 is 11.9 Å². The van der Waals surface area contributed by atoms with Crippen LogP contribution in [0.5, 0.6) is 11.5 Å². The fourth-order valence-corrected chi connectivity index (χ4v) is 4.48. The molecule has 1 saturated heterocycles. The molecule has 1 aliphatic heterocycles. The van der Waals surface area contributed by atoms with E-state index in [1.807, 2.05) is 39.0 Å². The number of carbonyl (C=O) groups excluding carboxylic acids is 2. The van der Waals surface area contributed by atoms with E-state index in [1.165, 1.54) is 13.0 Å². The highest BCUT2D eigenvalue weighted by atomic mass is 28.4. The van der Waals surface area contributed by atoms with Crippen molar-refractivity contribution in [1.29, 1.82) is 0 Å². The van der Waals surface area contributed by atoms with Crippen LogP contribution < -0.4 is 9.16 Å². The van der Waals surface area contributed by atoms with Crippen LogP contribution >= 0.6 is 0 Å². The molecule has 1 fully saturated rings. The van der Waals surface area contributed by atoms with Gasteiger partial charge in [-0.3, -0.25) is 4.79 Å². The Balaban J connectivity index is 2.13. The van der Waals surface area contributed by atoms with Gasteiger partial charge in [-0.1, -0.05) is 40.7 Å². The number of hydrogen-bond donors (Lipinski definition) is 0. The molecule has 1 aromatic rings. The quantitative estimate of drug-likeness (QED) is 0.279. The molecule has 8 heteroatoms. The van der Waals surface area contributed by atoms with Gasteiger partial charge in [-0.2, -0.15) is 0 Å². The van der Waals surface area contributed by atoms with E-state index in [1.54, 1.807) is 13.2 Å². The molecule has 7 nitrogen and oxygen atoms in total. The van der Waals surface area contributed by atoms with Crippen molar-refractivity contribution in [2.75, 3.05) is 7.11 Å². The number of esters is 2. The van der Waals surface area contributed by atoms with Crippen LogP contribution in [0.25, 0.3) is 6.08 Å². The molecular formula is C26H40O7Si. The summed E-state index contributed by atoms with van der Waals surface area (Å²) in [5.41, 5.74) is 0.757. The highest BCUT2D eigenvalue weighted by molar-refractivity contribution is 6.74. The zero-order chi connectivity index (χ0) is 25.8. The Morgan fingerprint density at radius 3 is 2.24 bits per heavy atom. The number of ether oxygens (including phenoxy) is 4. The van der Waals surface area contributed by atoms with E-state index in [0.29, 0.717) is 11.5 Å². The summed E-state index contributed by atoms with van der Waals surface area (Å²) in [6, 6.07) is 5.53. The highest BCUT2D eigenvalue weighted by Gasteiger charge is 2.44. The van der Waals surface area contributed by atoms with Crippen molar-refractivity contribution >= 4 is 26.3 Å². The predicted molar refractivity (Wildman–Crippen MR) is 134 cm³/mol. The third-order valence-electron chi connectivity index (χ3n) is 7.01. The minimum Gasteiger partial charge on any atom is -0.541 e. The van der Waals surface area contributed by atoms with E-state index in [2.05, 4.69) is 33.9 Å². The Hall–Kier alpha value is -2.32. The van der Waals surface area contributed by atoms with E-state index >= 15 is 0 Å². The SMILES string of the molecule is COc1cc(/C=C/C(=O)O[C@@H]2OC(C)[C@H](C)[C@H](C)C2OC(C)=O)ccc1O[Si](C)(C)C(C)(C)C. The van der Waals surface area contributed by atoms with Gasteiger partial charge in [0, 0.05) is 18.9 Å². The summed E-state index contributed by atoms with van der Waals surface area (Å²) >= 11 is 0. The van der Waals surface area contributed by atoms with Crippen LogP contribution in [0.3, 0.4) is 0 Å². The van der Waals surface area contributed by atoms with Crippen LogP contribution in [0.15, 0.2) is 24.3 Å². The molecular weight excluding hydrogens is 452 g/mol. The van der Waals surface area contributed by atoms with Crippen LogP contribution in [0.4, 0.5) is 0 Å². The lowest BCUT2D eigenvalue weighted by atomic mass is 9.84. The fourth-order valence-electron chi connectivity index (χ4n) is 3.45. The highest BCUT2D eigenvalue weighted by Crippen LogP contribution is 2.40. The number of methoxy groups -OCH3 is 1. The molecule has 2 unspecified atom stereocenters. The molecule has 1 aliphatic rings. The smallest absolute Gasteiger partial charge is 0.333 e. The summed E-state index contributed by atoms with van der Waals surface area (Å²) in [5.74, 6) is 0.386. The first-order valence-corrected chi connectivity index (χ1v) is 14.7. The van der Waals surface area contributed by atoms with Crippen molar-refractivity contribution in [2.24, 2.45) is 11.8 Å². The van der Waals surface area contributed by atoms with Crippen LogP contribution in [0.1, 0.15) is 54.0 Å². The second kappa shape index (κ2) is 10.9. The maximum atomic E-state index is 12.6.